The summed E-state index contributed by atoms with van der Waals surface area (Å²) >= 11 is 3.49. The van der Waals surface area contributed by atoms with E-state index >= 15 is 0 Å². The molecular formula is C17H23BrN2O3. The van der Waals surface area contributed by atoms with E-state index in [-0.39, 0.29) is 24.3 Å². The molecule has 1 fully saturated rings. The number of carbonyl (C=O) groups excluding carboxylic acids is 2. The van der Waals surface area contributed by atoms with Crippen LogP contribution in [0.4, 0.5) is 5.69 Å². The molecular weight excluding hydrogens is 360 g/mol. The maximum atomic E-state index is 12.0. The quantitative estimate of drug-likeness (QED) is 0.822. The summed E-state index contributed by atoms with van der Waals surface area (Å²) in [6.07, 6.45) is 2.46. The van der Waals surface area contributed by atoms with Gasteiger partial charge in [-0.05, 0) is 53.4 Å². The Balaban J connectivity index is 1.89. The molecule has 1 aromatic carbocycles. The van der Waals surface area contributed by atoms with Crippen LogP contribution in [0.3, 0.4) is 0 Å². The van der Waals surface area contributed by atoms with Crippen molar-refractivity contribution in [2.24, 2.45) is 0 Å². The van der Waals surface area contributed by atoms with Crippen molar-refractivity contribution in [3.05, 3.63) is 28.2 Å². The Hall–Kier alpha value is -1.40. The highest BCUT2D eigenvalue weighted by Crippen LogP contribution is 2.27. The van der Waals surface area contributed by atoms with Gasteiger partial charge in [0.25, 0.3) is 0 Å². The highest BCUT2D eigenvalue weighted by molar-refractivity contribution is 9.10. The van der Waals surface area contributed by atoms with Crippen LogP contribution in [-0.2, 0) is 14.3 Å². The number of benzene rings is 1. The van der Waals surface area contributed by atoms with Crippen LogP contribution in [0.15, 0.2) is 22.7 Å². The molecule has 0 spiro atoms. The average Bonchev–Trinajstić information content (AvgIpc) is 3.00. The van der Waals surface area contributed by atoms with E-state index in [1.165, 1.54) is 6.92 Å². The second-order valence-corrected chi connectivity index (χ2v) is 6.67. The molecule has 23 heavy (non-hydrogen) atoms. The van der Waals surface area contributed by atoms with E-state index in [0.717, 1.165) is 35.2 Å². The summed E-state index contributed by atoms with van der Waals surface area (Å²) in [4.78, 5) is 25.5. The number of nitrogens with one attached hydrogen (secondary N) is 1. The lowest BCUT2D eigenvalue weighted by molar-refractivity contribution is -0.121. The van der Waals surface area contributed by atoms with Crippen LogP contribution in [0.5, 0.6) is 0 Å². The minimum absolute atomic E-state index is 0.0602. The third-order valence-corrected chi connectivity index (χ3v) is 4.52. The number of hydrogen-bond donors (Lipinski definition) is 1. The van der Waals surface area contributed by atoms with Gasteiger partial charge in [0.15, 0.2) is 0 Å². The molecule has 1 heterocycles. The average molecular weight is 383 g/mol. The zero-order chi connectivity index (χ0) is 16.8. The molecule has 2 rings (SSSR count). The molecule has 1 aliphatic heterocycles. The lowest BCUT2D eigenvalue weighted by Crippen LogP contribution is -2.36. The SMILES string of the molecule is CC(=O)N(CCC(=O)NCC1CCCO1)c1ccc(C)cc1Br. The van der Waals surface area contributed by atoms with E-state index in [0.29, 0.717) is 13.1 Å². The Labute approximate surface area is 145 Å². The number of anilines is 1. The van der Waals surface area contributed by atoms with Gasteiger partial charge in [-0.15, -0.1) is 0 Å². The van der Waals surface area contributed by atoms with E-state index in [1.54, 1.807) is 4.90 Å². The first-order valence-corrected chi connectivity index (χ1v) is 8.69. The molecule has 0 aliphatic carbocycles. The molecule has 6 heteroatoms. The second kappa shape index (κ2) is 8.45. The number of aryl methyl sites for hydroxylation is 1. The van der Waals surface area contributed by atoms with E-state index < -0.39 is 0 Å². The summed E-state index contributed by atoms with van der Waals surface area (Å²) in [6.45, 7) is 5.18. The van der Waals surface area contributed by atoms with Gasteiger partial charge in [-0.2, -0.15) is 0 Å². The maximum Gasteiger partial charge on any atom is 0.223 e. The van der Waals surface area contributed by atoms with Crippen molar-refractivity contribution in [3.63, 3.8) is 0 Å². The van der Waals surface area contributed by atoms with Crippen LogP contribution in [0.1, 0.15) is 31.7 Å². The van der Waals surface area contributed by atoms with Crippen LogP contribution >= 0.6 is 15.9 Å². The van der Waals surface area contributed by atoms with E-state index in [1.807, 2.05) is 25.1 Å². The molecule has 1 aliphatic rings. The van der Waals surface area contributed by atoms with Gasteiger partial charge in [-0.3, -0.25) is 9.59 Å². The van der Waals surface area contributed by atoms with Crippen molar-refractivity contribution >= 4 is 33.4 Å². The van der Waals surface area contributed by atoms with Crippen molar-refractivity contribution in [1.29, 1.82) is 0 Å². The standard InChI is InChI=1S/C17H23BrN2O3/c1-12-5-6-16(15(18)10-12)20(13(2)21)8-7-17(22)19-11-14-4-3-9-23-14/h5-6,10,14H,3-4,7-9,11H2,1-2H3,(H,19,22). The monoisotopic (exact) mass is 382 g/mol. The van der Waals surface area contributed by atoms with Crippen LogP contribution in [0, 0.1) is 6.92 Å². The number of nitrogens with zero attached hydrogens (tertiary/aromatic N) is 1. The predicted molar refractivity (Wildman–Crippen MR) is 93.5 cm³/mol. The number of hydrogen-bond acceptors (Lipinski definition) is 3. The van der Waals surface area contributed by atoms with Crippen LogP contribution in [0.25, 0.3) is 0 Å². The molecule has 1 saturated heterocycles. The minimum Gasteiger partial charge on any atom is -0.376 e. The normalized spacial score (nSPS) is 17.1. The molecule has 0 aromatic heterocycles. The number of halogens is 1. The van der Waals surface area contributed by atoms with Gasteiger partial charge in [0.05, 0.1) is 11.8 Å². The lowest BCUT2D eigenvalue weighted by Gasteiger charge is -2.22. The summed E-state index contributed by atoms with van der Waals surface area (Å²) in [5.74, 6) is -0.142. The zero-order valence-corrected chi connectivity index (χ0v) is 15.2. The molecule has 126 valence electrons. The number of amides is 2. The van der Waals surface area contributed by atoms with E-state index in [4.69, 9.17) is 4.74 Å². The summed E-state index contributed by atoms with van der Waals surface area (Å²) in [5.41, 5.74) is 1.90. The third kappa shape index (κ3) is 5.32. The van der Waals surface area contributed by atoms with Crippen molar-refractivity contribution in [2.45, 2.75) is 39.2 Å². The molecule has 1 atom stereocenters. The molecule has 2 amide bonds. The number of carbonyl (C=O) groups is 2. The Morgan fingerprint density at radius 3 is 2.83 bits per heavy atom. The molecule has 1 N–H and O–H groups in total. The first-order chi connectivity index (χ1) is 11.0. The smallest absolute Gasteiger partial charge is 0.223 e. The van der Waals surface area contributed by atoms with Crippen LogP contribution in [0.2, 0.25) is 0 Å². The summed E-state index contributed by atoms with van der Waals surface area (Å²) in [7, 11) is 0. The zero-order valence-electron chi connectivity index (χ0n) is 13.6. The van der Waals surface area contributed by atoms with Gasteiger partial charge in [-0.1, -0.05) is 6.07 Å². The minimum atomic E-state index is -0.0820. The molecule has 0 radical (unpaired) electrons. The number of ether oxygens (including phenoxy) is 1. The predicted octanol–water partition coefficient (Wildman–Crippen LogP) is 2.80. The van der Waals surface area contributed by atoms with Gasteiger partial charge in [0.1, 0.15) is 0 Å². The van der Waals surface area contributed by atoms with Crippen molar-refractivity contribution < 1.29 is 14.3 Å². The van der Waals surface area contributed by atoms with Gasteiger partial charge in [-0.25, -0.2) is 0 Å². The van der Waals surface area contributed by atoms with Crippen molar-refractivity contribution in [1.82, 2.24) is 5.32 Å². The fourth-order valence-corrected chi connectivity index (χ4v) is 3.32. The Kier molecular flexibility index (Phi) is 6.59. The molecule has 1 aromatic rings. The molecule has 1 unspecified atom stereocenters. The Morgan fingerprint density at radius 1 is 1.43 bits per heavy atom. The van der Waals surface area contributed by atoms with E-state index in [2.05, 4.69) is 21.2 Å². The summed E-state index contributed by atoms with van der Waals surface area (Å²) in [6, 6.07) is 5.81. The lowest BCUT2D eigenvalue weighted by atomic mass is 10.2. The second-order valence-electron chi connectivity index (χ2n) is 5.81. The van der Waals surface area contributed by atoms with Gasteiger partial charge < -0.3 is 15.0 Å². The topological polar surface area (TPSA) is 58.6 Å². The third-order valence-electron chi connectivity index (χ3n) is 3.89. The molecule has 0 bridgehead atoms. The van der Waals surface area contributed by atoms with Gasteiger partial charge in [0.2, 0.25) is 11.8 Å². The molecule has 0 saturated carbocycles. The molecule has 5 nitrogen and oxygen atoms in total. The Morgan fingerprint density at radius 2 is 2.22 bits per heavy atom. The number of rotatable bonds is 6. The van der Waals surface area contributed by atoms with Crippen molar-refractivity contribution in [3.8, 4) is 0 Å². The fraction of sp³-hybridized carbons (Fsp3) is 0.529. The highest BCUT2D eigenvalue weighted by Gasteiger charge is 2.18. The Bertz CT molecular complexity index is 571. The van der Waals surface area contributed by atoms with Gasteiger partial charge in [0, 0.05) is 37.5 Å². The summed E-state index contributed by atoms with van der Waals surface area (Å²) in [5, 5.41) is 2.88. The van der Waals surface area contributed by atoms with E-state index in [9.17, 15) is 9.59 Å². The highest BCUT2D eigenvalue weighted by atomic mass is 79.9. The first-order valence-electron chi connectivity index (χ1n) is 7.90. The fourth-order valence-electron chi connectivity index (χ4n) is 2.61. The van der Waals surface area contributed by atoms with Crippen LogP contribution in [-0.4, -0.2) is 37.6 Å². The van der Waals surface area contributed by atoms with Crippen LogP contribution < -0.4 is 10.2 Å². The maximum absolute atomic E-state index is 12.0. The summed E-state index contributed by atoms with van der Waals surface area (Å²) < 4.78 is 6.33. The largest absolute Gasteiger partial charge is 0.376 e. The first kappa shape index (κ1) is 17.9. The van der Waals surface area contributed by atoms with Crippen molar-refractivity contribution in [2.75, 3.05) is 24.6 Å². The van der Waals surface area contributed by atoms with Gasteiger partial charge >= 0.3 is 0 Å².